The highest BCUT2D eigenvalue weighted by Gasteiger charge is 2.31. The molecule has 0 aliphatic rings. The molecule has 0 N–H and O–H groups in total. The molecular weight excluding hydrogens is 343 g/mol. The van der Waals surface area contributed by atoms with Gasteiger partial charge in [0.15, 0.2) is 0 Å². The molecule has 0 fully saturated rings. The maximum Gasteiger partial charge on any atom is 0.573 e. The Balaban J connectivity index is 1.73. The lowest BCUT2D eigenvalue weighted by Gasteiger charge is -2.08. The predicted octanol–water partition coefficient (Wildman–Crippen LogP) is 6.13. The van der Waals surface area contributed by atoms with Crippen LogP contribution in [0.5, 0.6) is 17.2 Å². The van der Waals surface area contributed by atoms with Crippen LogP contribution in [0, 0.1) is 0 Å². The number of para-hydroxylation sites is 1. The summed E-state index contributed by atoms with van der Waals surface area (Å²) in [7, 11) is 0. The van der Waals surface area contributed by atoms with Crippen molar-refractivity contribution in [2.24, 2.45) is 4.99 Å². The molecule has 0 aliphatic carbocycles. The Labute approximate surface area is 148 Å². The Morgan fingerprint density at radius 2 is 1.42 bits per heavy atom. The quantitative estimate of drug-likeness (QED) is 0.514. The van der Waals surface area contributed by atoms with Gasteiger partial charge in [-0.1, -0.05) is 36.4 Å². The van der Waals surface area contributed by atoms with Crippen LogP contribution < -0.4 is 9.47 Å². The Kier molecular flexibility index (Phi) is 5.22. The Hall–Kier alpha value is -3.28. The maximum atomic E-state index is 12.3. The molecule has 0 saturated carbocycles. The molecule has 3 rings (SSSR count). The van der Waals surface area contributed by atoms with Gasteiger partial charge in [0.1, 0.15) is 17.2 Å². The molecule has 0 saturated heterocycles. The highest BCUT2D eigenvalue weighted by Crippen LogP contribution is 2.26. The standard InChI is InChI=1S/C20H14F3NO2/c21-20(22,23)26-19-11-4-6-15(12-19)14-24-16-7-5-10-18(13-16)25-17-8-2-1-3-9-17/h1-14H. The van der Waals surface area contributed by atoms with Crippen molar-refractivity contribution in [1.82, 2.24) is 0 Å². The average Bonchev–Trinajstić information content (AvgIpc) is 2.60. The number of alkyl halides is 3. The summed E-state index contributed by atoms with van der Waals surface area (Å²) in [5, 5.41) is 0. The summed E-state index contributed by atoms with van der Waals surface area (Å²) >= 11 is 0. The molecule has 0 aromatic heterocycles. The molecule has 0 unspecified atom stereocenters. The minimum Gasteiger partial charge on any atom is -0.457 e. The van der Waals surface area contributed by atoms with Crippen molar-refractivity contribution < 1.29 is 22.6 Å². The van der Waals surface area contributed by atoms with Crippen molar-refractivity contribution in [2.45, 2.75) is 6.36 Å². The third kappa shape index (κ3) is 5.37. The number of rotatable bonds is 5. The average molecular weight is 357 g/mol. The third-order valence-electron chi connectivity index (χ3n) is 3.25. The largest absolute Gasteiger partial charge is 0.573 e. The summed E-state index contributed by atoms with van der Waals surface area (Å²) < 4.78 is 46.5. The summed E-state index contributed by atoms with van der Waals surface area (Å²) in [5.74, 6) is 1.02. The second-order valence-electron chi connectivity index (χ2n) is 5.29. The minimum absolute atomic E-state index is 0.289. The maximum absolute atomic E-state index is 12.3. The van der Waals surface area contributed by atoms with Gasteiger partial charge in [-0.15, -0.1) is 13.2 Å². The van der Waals surface area contributed by atoms with E-state index in [2.05, 4.69) is 9.73 Å². The number of benzene rings is 3. The van der Waals surface area contributed by atoms with Gasteiger partial charge in [0.25, 0.3) is 0 Å². The topological polar surface area (TPSA) is 30.8 Å². The van der Waals surface area contributed by atoms with Gasteiger partial charge in [0.05, 0.1) is 5.69 Å². The lowest BCUT2D eigenvalue weighted by Crippen LogP contribution is -2.17. The normalized spacial score (nSPS) is 11.5. The van der Waals surface area contributed by atoms with Crippen molar-refractivity contribution in [2.75, 3.05) is 0 Å². The van der Waals surface area contributed by atoms with E-state index in [0.29, 0.717) is 22.7 Å². The van der Waals surface area contributed by atoms with Crippen molar-refractivity contribution in [3.8, 4) is 17.2 Å². The summed E-state index contributed by atoms with van der Waals surface area (Å²) in [6.45, 7) is 0. The molecule has 0 spiro atoms. The highest BCUT2D eigenvalue weighted by atomic mass is 19.4. The molecule has 6 heteroatoms. The van der Waals surface area contributed by atoms with Crippen LogP contribution >= 0.6 is 0 Å². The monoisotopic (exact) mass is 357 g/mol. The van der Waals surface area contributed by atoms with E-state index in [-0.39, 0.29) is 5.75 Å². The second kappa shape index (κ2) is 7.74. The van der Waals surface area contributed by atoms with Crippen molar-refractivity contribution in [3.63, 3.8) is 0 Å². The molecule has 0 heterocycles. The van der Waals surface area contributed by atoms with Crippen molar-refractivity contribution in [3.05, 3.63) is 84.4 Å². The van der Waals surface area contributed by atoms with Crippen LogP contribution in [-0.2, 0) is 0 Å². The molecule has 0 aliphatic heterocycles. The molecule has 26 heavy (non-hydrogen) atoms. The van der Waals surface area contributed by atoms with Crippen LogP contribution in [0.1, 0.15) is 5.56 Å². The zero-order valence-electron chi connectivity index (χ0n) is 13.5. The molecule has 0 atom stereocenters. The first-order valence-corrected chi connectivity index (χ1v) is 7.71. The van der Waals surface area contributed by atoms with Gasteiger partial charge in [-0.05, 0) is 42.0 Å². The van der Waals surface area contributed by atoms with E-state index in [1.54, 1.807) is 30.3 Å². The molecule has 3 nitrogen and oxygen atoms in total. The summed E-state index contributed by atoms with van der Waals surface area (Å²) in [6.07, 6.45) is -3.26. The number of hydrogen-bond acceptors (Lipinski definition) is 3. The van der Waals surface area contributed by atoms with Crippen molar-refractivity contribution >= 4 is 11.9 Å². The van der Waals surface area contributed by atoms with Crippen LogP contribution in [0.25, 0.3) is 0 Å². The van der Waals surface area contributed by atoms with Crippen LogP contribution in [0.4, 0.5) is 18.9 Å². The zero-order chi connectivity index (χ0) is 18.4. The third-order valence-corrected chi connectivity index (χ3v) is 3.25. The fourth-order valence-electron chi connectivity index (χ4n) is 2.19. The first-order valence-electron chi connectivity index (χ1n) is 7.71. The van der Waals surface area contributed by atoms with Gasteiger partial charge < -0.3 is 9.47 Å². The van der Waals surface area contributed by atoms with Gasteiger partial charge in [-0.3, -0.25) is 4.99 Å². The van der Waals surface area contributed by atoms with E-state index in [0.717, 1.165) is 0 Å². The van der Waals surface area contributed by atoms with E-state index >= 15 is 0 Å². The molecule has 0 bridgehead atoms. The van der Waals surface area contributed by atoms with Crippen LogP contribution in [0.2, 0.25) is 0 Å². The van der Waals surface area contributed by atoms with E-state index in [9.17, 15) is 13.2 Å². The van der Waals surface area contributed by atoms with Crippen LogP contribution in [0.15, 0.2) is 83.9 Å². The van der Waals surface area contributed by atoms with Gasteiger partial charge in [-0.2, -0.15) is 0 Å². The fourth-order valence-corrected chi connectivity index (χ4v) is 2.19. The number of halogens is 3. The molecular formula is C20H14F3NO2. The van der Waals surface area contributed by atoms with E-state index in [1.165, 1.54) is 24.4 Å². The predicted molar refractivity (Wildman–Crippen MR) is 93.3 cm³/mol. The summed E-state index contributed by atoms with van der Waals surface area (Å²) in [6, 6.07) is 22.0. The van der Waals surface area contributed by atoms with Crippen LogP contribution in [-0.4, -0.2) is 12.6 Å². The SMILES string of the molecule is FC(F)(F)Oc1cccc(C=Nc2cccc(Oc3ccccc3)c2)c1. The Bertz CT molecular complexity index is 893. The second-order valence-corrected chi connectivity index (χ2v) is 5.29. The zero-order valence-corrected chi connectivity index (χ0v) is 13.5. The molecule has 132 valence electrons. The Morgan fingerprint density at radius 1 is 0.731 bits per heavy atom. The molecule has 3 aromatic carbocycles. The number of aliphatic imine (C=N–C) groups is 1. The van der Waals surface area contributed by atoms with Gasteiger partial charge in [0.2, 0.25) is 0 Å². The first kappa shape index (κ1) is 17.5. The lowest BCUT2D eigenvalue weighted by molar-refractivity contribution is -0.274. The molecule has 0 radical (unpaired) electrons. The number of nitrogens with zero attached hydrogens (tertiary/aromatic N) is 1. The minimum atomic E-state index is -4.72. The smallest absolute Gasteiger partial charge is 0.457 e. The molecule has 0 amide bonds. The Morgan fingerprint density at radius 3 is 2.19 bits per heavy atom. The van der Waals surface area contributed by atoms with Crippen LogP contribution in [0.3, 0.4) is 0 Å². The van der Waals surface area contributed by atoms with Gasteiger partial charge in [-0.25, -0.2) is 0 Å². The van der Waals surface area contributed by atoms with Crippen molar-refractivity contribution in [1.29, 1.82) is 0 Å². The first-order chi connectivity index (χ1) is 12.5. The number of hydrogen-bond donors (Lipinski definition) is 0. The summed E-state index contributed by atoms with van der Waals surface area (Å²) in [4.78, 5) is 4.27. The van der Waals surface area contributed by atoms with E-state index in [4.69, 9.17) is 4.74 Å². The summed E-state index contributed by atoms with van der Waals surface area (Å²) in [5.41, 5.74) is 1.10. The van der Waals surface area contributed by atoms with Gasteiger partial charge in [0, 0.05) is 12.3 Å². The number of ether oxygens (including phenoxy) is 2. The highest BCUT2D eigenvalue weighted by molar-refractivity contribution is 5.82. The molecule has 3 aromatic rings. The van der Waals surface area contributed by atoms with Gasteiger partial charge >= 0.3 is 6.36 Å². The van der Waals surface area contributed by atoms with E-state index < -0.39 is 6.36 Å². The lowest BCUT2D eigenvalue weighted by atomic mass is 10.2. The fraction of sp³-hybridized carbons (Fsp3) is 0.0500. The van der Waals surface area contributed by atoms with E-state index in [1.807, 2.05) is 30.3 Å².